The number of carbonyl (C=O) groups excluding carboxylic acids is 1. The lowest BCUT2D eigenvalue weighted by atomic mass is 9.97. The molecule has 410 valence electrons. The van der Waals surface area contributed by atoms with Crippen molar-refractivity contribution in [3.63, 3.8) is 0 Å². The van der Waals surface area contributed by atoms with Crippen molar-refractivity contribution in [3.05, 3.63) is 36.5 Å². The third-order valence-corrected chi connectivity index (χ3v) is 13.9. The molecule has 0 aromatic carbocycles. The summed E-state index contributed by atoms with van der Waals surface area (Å²) in [6.45, 7) is 2.84. The lowest BCUT2D eigenvalue weighted by Gasteiger charge is -2.46. The van der Waals surface area contributed by atoms with Crippen LogP contribution in [0.25, 0.3) is 0 Å². The molecule has 14 nitrogen and oxygen atoms in total. The second-order valence-corrected chi connectivity index (χ2v) is 20.1. The monoisotopic (exact) mass is 998 g/mol. The van der Waals surface area contributed by atoms with E-state index in [1.54, 1.807) is 0 Å². The molecule has 12 unspecified atom stereocenters. The molecule has 0 aliphatic carbocycles. The molecule has 0 radical (unpaired) electrons. The van der Waals surface area contributed by atoms with Crippen molar-refractivity contribution in [3.8, 4) is 0 Å². The topological polar surface area (TPSA) is 228 Å². The fourth-order valence-electron chi connectivity index (χ4n) is 9.24. The number of aliphatic hydroxyl groups excluding tert-OH is 8. The van der Waals surface area contributed by atoms with Crippen LogP contribution < -0.4 is 5.32 Å². The summed E-state index contributed by atoms with van der Waals surface area (Å²) in [5.74, 6) is -0.215. The van der Waals surface area contributed by atoms with Crippen molar-refractivity contribution in [2.75, 3.05) is 19.8 Å². The van der Waals surface area contributed by atoms with Crippen LogP contribution in [0, 0.1) is 0 Å². The Kier molecular flexibility index (Phi) is 39.1. The molecule has 2 fully saturated rings. The summed E-state index contributed by atoms with van der Waals surface area (Å²) in [5, 5.41) is 87.1. The van der Waals surface area contributed by atoms with E-state index in [0.29, 0.717) is 19.3 Å². The van der Waals surface area contributed by atoms with Crippen LogP contribution in [0.5, 0.6) is 0 Å². The number of unbranched alkanes of at least 4 members (excludes halogenated alkanes) is 25. The van der Waals surface area contributed by atoms with Crippen LogP contribution in [0.15, 0.2) is 36.5 Å². The minimum absolute atomic E-state index is 0.215. The van der Waals surface area contributed by atoms with Gasteiger partial charge in [0.1, 0.15) is 48.8 Å². The average Bonchev–Trinajstić information content (AvgIpc) is 3.36. The van der Waals surface area contributed by atoms with E-state index in [0.717, 1.165) is 64.2 Å². The van der Waals surface area contributed by atoms with Gasteiger partial charge < -0.3 is 65.1 Å². The zero-order valence-electron chi connectivity index (χ0n) is 43.8. The number of ether oxygens (including phenoxy) is 4. The van der Waals surface area contributed by atoms with Gasteiger partial charge in [-0.1, -0.05) is 198 Å². The van der Waals surface area contributed by atoms with Gasteiger partial charge >= 0.3 is 0 Å². The Hall–Kier alpha value is -1.79. The van der Waals surface area contributed by atoms with Gasteiger partial charge in [-0.05, 0) is 51.4 Å². The first-order chi connectivity index (χ1) is 34.1. The SMILES string of the molecule is CCCCCCC/C=C\C/C=C\C/C=C\CCCCCCCCCCC(=O)NC(COC1OC(CO)C(OC2OC(CO)C(O)C(O)C2O)C(O)C1O)C(O)CCCCCCCCCCCCCCC. The fraction of sp³-hybridized carbons (Fsp3) is 0.875. The van der Waals surface area contributed by atoms with E-state index in [2.05, 4.69) is 55.6 Å². The molecule has 2 aliphatic heterocycles. The predicted molar refractivity (Wildman–Crippen MR) is 277 cm³/mol. The van der Waals surface area contributed by atoms with Crippen molar-refractivity contribution < 1.29 is 64.6 Å². The normalized spacial score (nSPS) is 26.2. The Morgan fingerprint density at radius 3 is 1.44 bits per heavy atom. The Morgan fingerprint density at radius 2 is 0.943 bits per heavy atom. The predicted octanol–water partition coefficient (Wildman–Crippen LogP) is 8.66. The highest BCUT2D eigenvalue weighted by molar-refractivity contribution is 5.76. The van der Waals surface area contributed by atoms with Crippen LogP contribution >= 0.6 is 0 Å². The van der Waals surface area contributed by atoms with Crippen molar-refractivity contribution in [1.82, 2.24) is 5.32 Å². The Bertz CT molecular complexity index is 1320. The van der Waals surface area contributed by atoms with E-state index in [1.165, 1.54) is 122 Å². The molecule has 2 heterocycles. The average molecular weight is 998 g/mol. The number of hydrogen-bond acceptors (Lipinski definition) is 13. The maximum Gasteiger partial charge on any atom is 0.220 e. The van der Waals surface area contributed by atoms with Crippen molar-refractivity contribution in [2.24, 2.45) is 0 Å². The zero-order chi connectivity index (χ0) is 51.0. The van der Waals surface area contributed by atoms with Crippen LogP contribution in [0.3, 0.4) is 0 Å². The number of aliphatic hydroxyl groups is 8. The number of amides is 1. The largest absolute Gasteiger partial charge is 0.394 e. The highest BCUT2D eigenvalue weighted by atomic mass is 16.7. The van der Waals surface area contributed by atoms with E-state index < -0.39 is 86.8 Å². The van der Waals surface area contributed by atoms with E-state index >= 15 is 0 Å². The molecule has 2 rings (SSSR count). The molecule has 0 spiro atoms. The molecule has 2 aliphatic rings. The van der Waals surface area contributed by atoms with Crippen LogP contribution in [0.2, 0.25) is 0 Å². The first kappa shape index (κ1) is 64.3. The van der Waals surface area contributed by atoms with Gasteiger partial charge in [0, 0.05) is 6.42 Å². The maximum atomic E-state index is 13.2. The quantitative estimate of drug-likeness (QED) is 0.0206. The molecule has 0 aromatic heterocycles. The molecule has 0 saturated carbocycles. The zero-order valence-corrected chi connectivity index (χ0v) is 43.8. The third-order valence-electron chi connectivity index (χ3n) is 13.9. The molecule has 0 bridgehead atoms. The number of rotatable bonds is 44. The fourth-order valence-corrected chi connectivity index (χ4v) is 9.24. The second-order valence-electron chi connectivity index (χ2n) is 20.1. The summed E-state index contributed by atoms with van der Waals surface area (Å²) in [5.41, 5.74) is 0. The lowest BCUT2D eigenvalue weighted by Crippen LogP contribution is -2.65. The van der Waals surface area contributed by atoms with Gasteiger partial charge in [0.05, 0.1) is 32.0 Å². The highest BCUT2D eigenvalue weighted by Gasteiger charge is 2.51. The molecule has 14 heteroatoms. The molecule has 12 atom stereocenters. The summed E-state index contributed by atoms with van der Waals surface area (Å²) >= 11 is 0. The summed E-state index contributed by atoms with van der Waals surface area (Å²) < 4.78 is 22.8. The lowest BCUT2D eigenvalue weighted by molar-refractivity contribution is -0.359. The van der Waals surface area contributed by atoms with Gasteiger partial charge in [0.2, 0.25) is 5.91 Å². The summed E-state index contributed by atoms with van der Waals surface area (Å²) in [6.07, 6.45) is 32.8. The minimum Gasteiger partial charge on any atom is -0.394 e. The Morgan fingerprint density at radius 1 is 0.514 bits per heavy atom. The molecule has 2 saturated heterocycles. The van der Waals surface area contributed by atoms with Crippen LogP contribution in [-0.4, -0.2) is 140 Å². The Labute approximate surface area is 423 Å². The van der Waals surface area contributed by atoms with Gasteiger partial charge in [-0.2, -0.15) is 0 Å². The van der Waals surface area contributed by atoms with Gasteiger partial charge in [-0.3, -0.25) is 4.79 Å². The van der Waals surface area contributed by atoms with Crippen LogP contribution in [0.1, 0.15) is 219 Å². The molecule has 1 amide bonds. The van der Waals surface area contributed by atoms with Crippen molar-refractivity contribution in [2.45, 2.75) is 293 Å². The standard InChI is InChI=1S/C56H103NO13/c1-3-5-7-9-11-13-15-17-18-19-20-21-22-23-24-25-26-28-30-32-34-36-38-40-48(61)57-44(45(60)39-37-35-33-31-29-27-16-14-12-10-8-6-4-2)43-67-55-53(66)51(64)54(47(42-59)69-55)70-56-52(65)50(63)49(62)46(41-58)68-56/h15,17,19-20,22-23,44-47,49-56,58-60,62-66H,3-14,16,18,21,24-43H2,1-2H3,(H,57,61)/b17-15-,20-19-,23-22-. The number of carbonyl (C=O) groups is 1. The first-order valence-corrected chi connectivity index (χ1v) is 28.2. The minimum atomic E-state index is -1.78. The van der Waals surface area contributed by atoms with Crippen LogP contribution in [-0.2, 0) is 23.7 Å². The molecule has 9 N–H and O–H groups in total. The number of nitrogens with one attached hydrogen (secondary N) is 1. The first-order valence-electron chi connectivity index (χ1n) is 28.2. The molecule has 0 aromatic rings. The van der Waals surface area contributed by atoms with Gasteiger partial charge in [0.25, 0.3) is 0 Å². The molecular formula is C56H103NO13. The number of allylic oxidation sites excluding steroid dienone is 6. The third kappa shape index (κ3) is 28.6. The maximum absolute atomic E-state index is 13.2. The Balaban J connectivity index is 1.76. The molecular weight excluding hydrogens is 895 g/mol. The second kappa shape index (κ2) is 42.6. The summed E-state index contributed by atoms with van der Waals surface area (Å²) in [6, 6.07) is -0.832. The number of hydrogen-bond donors (Lipinski definition) is 9. The van der Waals surface area contributed by atoms with E-state index in [4.69, 9.17) is 18.9 Å². The van der Waals surface area contributed by atoms with Crippen molar-refractivity contribution >= 4 is 5.91 Å². The summed E-state index contributed by atoms with van der Waals surface area (Å²) in [4.78, 5) is 13.2. The van der Waals surface area contributed by atoms with E-state index in [1.807, 2.05) is 0 Å². The van der Waals surface area contributed by atoms with Gasteiger partial charge in [-0.25, -0.2) is 0 Å². The highest BCUT2D eigenvalue weighted by Crippen LogP contribution is 2.30. The molecule has 70 heavy (non-hydrogen) atoms. The van der Waals surface area contributed by atoms with Gasteiger partial charge in [-0.15, -0.1) is 0 Å². The smallest absolute Gasteiger partial charge is 0.220 e. The van der Waals surface area contributed by atoms with Gasteiger partial charge in [0.15, 0.2) is 12.6 Å². The van der Waals surface area contributed by atoms with E-state index in [-0.39, 0.29) is 12.5 Å². The van der Waals surface area contributed by atoms with Crippen molar-refractivity contribution in [1.29, 1.82) is 0 Å². The van der Waals surface area contributed by atoms with E-state index in [9.17, 15) is 45.6 Å². The van der Waals surface area contributed by atoms with Crippen LogP contribution in [0.4, 0.5) is 0 Å². The summed E-state index contributed by atoms with van der Waals surface area (Å²) in [7, 11) is 0.